The molecule has 9 heteroatoms. The van der Waals surface area contributed by atoms with Gasteiger partial charge < -0.3 is 19.6 Å². The van der Waals surface area contributed by atoms with Crippen molar-refractivity contribution in [3.8, 4) is 11.4 Å². The molecule has 0 saturated heterocycles. The van der Waals surface area contributed by atoms with Gasteiger partial charge in [-0.3, -0.25) is 19.2 Å². The molecular formula is C34H26N4NiO4. The zero-order valence-corrected chi connectivity index (χ0v) is 24.3. The van der Waals surface area contributed by atoms with E-state index in [0.717, 1.165) is 0 Å². The van der Waals surface area contributed by atoms with Crippen molar-refractivity contribution >= 4 is 11.6 Å². The van der Waals surface area contributed by atoms with Gasteiger partial charge in [-0.2, -0.15) is 0 Å². The molecule has 216 valence electrons. The predicted molar refractivity (Wildman–Crippen MR) is 160 cm³/mol. The summed E-state index contributed by atoms with van der Waals surface area (Å²) < 4.78 is 2.54. The minimum absolute atomic E-state index is 0. The molecule has 6 rings (SSSR count). The molecule has 0 unspecified atom stereocenters. The Balaban J connectivity index is 0.000000192. The molecule has 2 aromatic heterocycles. The van der Waals surface area contributed by atoms with Gasteiger partial charge in [-0.1, -0.05) is 111 Å². The molecule has 0 aliphatic carbocycles. The van der Waals surface area contributed by atoms with Gasteiger partial charge in [0.2, 0.25) is 11.1 Å². The smallest absolute Gasteiger partial charge is 0.590 e. The number of aromatic nitrogens is 4. The summed E-state index contributed by atoms with van der Waals surface area (Å²) in [5.74, 6) is -0.583. The van der Waals surface area contributed by atoms with Crippen molar-refractivity contribution < 1.29 is 26.1 Å². The molecule has 0 spiro atoms. The summed E-state index contributed by atoms with van der Waals surface area (Å²) in [6.07, 6.45) is 0. The van der Waals surface area contributed by atoms with E-state index in [4.69, 9.17) is 0 Å². The molecule has 6 aromatic rings. The van der Waals surface area contributed by atoms with Crippen LogP contribution in [-0.2, 0) is 16.5 Å². The molecule has 43 heavy (non-hydrogen) atoms. The minimum atomic E-state index is -0.382. The molecule has 0 aliphatic heterocycles. The number of carbonyl (C=O) groups excluding carboxylic acids is 2. The topological polar surface area (TPSA) is 106 Å². The van der Waals surface area contributed by atoms with Crippen molar-refractivity contribution in [1.29, 1.82) is 0 Å². The van der Waals surface area contributed by atoms with E-state index in [1.165, 1.54) is 9.36 Å². The van der Waals surface area contributed by atoms with Crippen LogP contribution in [0.2, 0.25) is 0 Å². The summed E-state index contributed by atoms with van der Waals surface area (Å²) in [5, 5.41) is 8.42. The maximum absolute atomic E-state index is 12.5. The quantitative estimate of drug-likeness (QED) is 0.200. The second-order valence-corrected chi connectivity index (χ2v) is 9.42. The number of benzene rings is 4. The molecule has 0 fully saturated rings. The Bertz CT molecular complexity index is 1810. The first-order valence-electron chi connectivity index (χ1n) is 13.2. The maximum Gasteiger partial charge on any atom is 2.00 e. The minimum Gasteiger partial charge on any atom is -0.590 e. The number of nitrogens with zero attached hydrogens (tertiary/aromatic N) is 4. The van der Waals surface area contributed by atoms with E-state index in [9.17, 15) is 19.2 Å². The third kappa shape index (κ3) is 6.47. The second-order valence-electron chi connectivity index (χ2n) is 9.42. The van der Waals surface area contributed by atoms with E-state index in [0.29, 0.717) is 33.9 Å². The first kappa shape index (κ1) is 30.7. The van der Waals surface area contributed by atoms with Gasteiger partial charge in [0.1, 0.15) is 0 Å². The van der Waals surface area contributed by atoms with Crippen LogP contribution >= 0.6 is 0 Å². The van der Waals surface area contributed by atoms with Gasteiger partial charge in [-0.05, 0) is 24.3 Å². The fourth-order valence-electron chi connectivity index (χ4n) is 4.49. The van der Waals surface area contributed by atoms with Crippen molar-refractivity contribution in [2.75, 3.05) is 0 Å². The molecule has 0 amide bonds. The van der Waals surface area contributed by atoms with Gasteiger partial charge in [-0.15, -0.1) is 11.4 Å². The summed E-state index contributed by atoms with van der Waals surface area (Å²) in [6, 6.07) is 35.7. The van der Waals surface area contributed by atoms with Crippen LogP contribution in [0.3, 0.4) is 0 Å². The van der Waals surface area contributed by atoms with E-state index in [1.54, 1.807) is 86.6 Å². The third-order valence-electron chi connectivity index (χ3n) is 6.56. The zero-order valence-electron chi connectivity index (χ0n) is 23.3. The Labute approximate surface area is 257 Å². The first-order chi connectivity index (χ1) is 20.4. The van der Waals surface area contributed by atoms with Crippen LogP contribution < -0.4 is 21.3 Å². The summed E-state index contributed by atoms with van der Waals surface area (Å²) in [6.45, 7) is 3.36. The van der Waals surface area contributed by atoms with Crippen molar-refractivity contribution in [3.63, 3.8) is 0 Å². The first-order valence-corrected chi connectivity index (χ1v) is 13.2. The molecular weight excluding hydrogens is 587 g/mol. The average molecular weight is 613 g/mol. The average Bonchev–Trinajstić information content (AvgIpc) is 3.51. The molecule has 0 N–H and O–H groups in total. The van der Waals surface area contributed by atoms with Gasteiger partial charge in [0.25, 0.3) is 0 Å². The van der Waals surface area contributed by atoms with Gasteiger partial charge in [0, 0.05) is 22.5 Å². The number of hydrogen-bond acceptors (Lipinski definition) is 4. The SMILES string of the molecule is Cc1[n-]n(-c2ccccc2)c(=O)c1C(=O)c1ccccc1.Cc1[n-]n(-c2ccccc2)c(=O)c1C(=O)c1ccccc1.[Ni+2]. The number of aryl methyl sites for hydroxylation is 2. The Hall–Kier alpha value is -5.27. The molecule has 0 radical (unpaired) electrons. The normalized spacial score (nSPS) is 10.3. The molecule has 8 nitrogen and oxygen atoms in total. The summed E-state index contributed by atoms with van der Waals surface area (Å²) in [4.78, 5) is 49.9. The molecule has 0 atom stereocenters. The van der Waals surface area contributed by atoms with Crippen LogP contribution in [0.4, 0.5) is 0 Å². The Kier molecular flexibility index (Phi) is 9.70. The fourth-order valence-corrected chi connectivity index (χ4v) is 4.49. The van der Waals surface area contributed by atoms with Crippen molar-refractivity contribution in [1.82, 2.24) is 19.6 Å². The second kappa shape index (κ2) is 13.6. The van der Waals surface area contributed by atoms with Gasteiger partial charge in [-0.25, -0.2) is 0 Å². The molecule has 0 saturated carbocycles. The predicted octanol–water partition coefficient (Wildman–Crippen LogP) is 4.67. The van der Waals surface area contributed by atoms with E-state index in [-0.39, 0.29) is 50.3 Å². The van der Waals surface area contributed by atoms with Crippen LogP contribution in [0, 0.1) is 13.8 Å². The summed E-state index contributed by atoms with van der Waals surface area (Å²) in [5.41, 5.74) is 2.66. The number of hydrogen-bond donors (Lipinski definition) is 0. The van der Waals surface area contributed by atoms with Gasteiger partial charge >= 0.3 is 16.5 Å². The van der Waals surface area contributed by atoms with Crippen LogP contribution in [0.1, 0.15) is 43.2 Å². The number of carbonyl (C=O) groups is 2. The van der Waals surface area contributed by atoms with Crippen LogP contribution in [0.15, 0.2) is 131 Å². The number of rotatable bonds is 6. The molecule has 2 heterocycles. The zero-order chi connectivity index (χ0) is 29.6. The van der Waals surface area contributed by atoms with E-state index in [2.05, 4.69) is 10.2 Å². The van der Waals surface area contributed by atoms with Crippen LogP contribution in [0.5, 0.6) is 0 Å². The van der Waals surface area contributed by atoms with Crippen molar-refractivity contribution in [2.45, 2.75) is 13.8 Å². The number of para-hydroxylation sites is 2. The maximum atomic E-state index is 12.5. The number of ketones is 2. The van der Waals surface area contributed by atoms with E-state index in [1.807, 2.05) is 48.5 Å². The van der Waals surface area contributed by atoms with Gasteiger partial charge in [0.15, 0.2) is 11.6 Å². The Morgan fingerprint density at radius 3 is 1.07 bits per heavy atom. The third-order valence-corrected chi connectivity index (χ3v) is 6.56. The van der Waals surface area contributed by atoms with Crippen molar-refractivity contribution in [3.05, 3.63) is 176 Å². The van der Waals surface area contributed by atoms with Crippen LogP contribution in [-0.4, -0.2) is 20.9 Å². The van der Waals surface area contributed by atoms with Gasteiger partial charge in [0.05, 0.1) is 11.1 Å². The summed E-state index contributed by atoms with van der Waals surface area (Å²) in [7, 11) is 0. The Morgan fingerprint density at radius 1 is 0.488 bits per heavy atom. The monoisotopic (exact) mass is 612 g/mol. The van der Waals surface area contributed by atoms with Crippen LogP contribution in [0.25, 0.3) is 11.4 Å². The fraction of sp³-hybridized carbons (Fsp3) is 0.0588. The van der Waals surface area contributed by atoms with E-state index >= 15 is 0 Å². The molecule has 0 bridgehead atoms. The summed E-state index contributed by atoms with van der Waals surface area (Å²) >= 11 is 0. The molecule has 0 aliphatic rings. The Morgan fingerprint density at radius 2 is 0.767 bits per heavy atom. The van der Waals surface area contributed by atoms with E-state index < -0.39 is 0 Å². The standard InChI is InChI=1S/2C17H14N2O2.Ni/c2*1-12-15(16(20)13-8-4-2-5-9-13)17(21)19(18-12)14-10-6-3-7-11-14;/h2*2-11H,1H3,(H,18,20,21);/q;;+2/p-2. The largest absolute Gasteiger partial charge is 2.00 e. The van der Waals surface area contributed by atoms with Crippen molar-refractivity contribution in [2.24, 2.45) is 0 Å². The molecule has 4 aromatic carbocycles.